The molecule has 0 spiro atoms. The fourth-order valence-electron chi connectivity index (χ4n) is 0.909. The van der Waals surface area contributed by atoms with Crippen LogP contribution < -0.4 is 0 Å². The zero-order chi connectivity index (χ0) is 9.52. The van der Waals surface area contributed by atoms with Crippen LogP contribution in [0.2, 0.25) is 0 Å². The average molecular weight is 177 g/mol. The zero-order valence-corrected chi connectivity index (χ0v) is 7.44. The van der Waals surface area contributed by atoms with Gasteiger partial charge in [-0.2, -0.15) is 0 Å². The summed E-state index contributed by atoms with van der Waals surface area (Å²) in [6, 6.07) is 0. The molecule has 1 heterocycles. The molecule has 13 heavy (non-hydrogen) atoms. The summed E-state index contributed by atoms with van der Waals surface area (Å²) in [5.41, 5.74) is 9.98. The molecule has 0 unspecified atom stereocenters. The van der Waals surface area contributed by atoms with Gasteiger partial charge in [0, 0.05) is 17.2 Å². The molecule has 0 aliphatic carbocycles. The van der Waals surface area contributed by atoms with Crippen molar-refractivity contribution in [3.8, 4) is 0 Å². The van der Waals surface area contributed by atoms with Crippen LogP contribution in [0.25, 0.3) is 16.5 Å². The van der Waals surface area contributed by atoms with E-state index in [-0.39, 0.29) is 0 Å². The van der Waals surface area contributed by atoms with Gasteiger partial charge >= 0.3 is 0 Å². The Hall–Kier alpha value is -1.74. The third kappa shape index (κ3) is 3.01. The Balaban J connectivity index is 2.40. The summed E-state index contributed by atoms with van der Waals surface area (Å²) < 4.78 is 0. The molecule has 0 aromatic carbocycles. The average Bonchev–Trinajstić information content (AvgIpc) is 2.52. The second kappa shape index (κ2) is 5.00. The minimum atomic E-state index is 0.496. The molecule has 0 radical (unpaired) electrons. The number of aryl methyl sites for hydroxylation is 1. The molecule has 1 aromatic rings. The van der Waals surface area contributed by atoms with Gasteiger partial charge in [-0.25, -0.2) is 4.98 Å². The molecular formula is C8H11N5. The summed E-state index contributed by atoms with van der Waals surface area (Å²) in [5, 5.41) is 3.41. The zero-order valence-electron chi connectivity index (χ0n) is 7.44. The number of hydrogen-bond donors (Lipinski definition) is 1. The van der Waals surface area contributed by atoms with Crippen LogP contribution in [0.3, 0.4) is 0 Å². The lowest BCUT2D eigenvalue weighted by molar-refractivity contribution is 0.995. The van der Waals surface area contributed by atoms with E-state index in [1.54, 1.807) is 6.33 Å². The molecule has 68 valence electrons. The molecule has 0 aliphatic rings. The smallest absolute Gasteiger partial charge is 0.0929 e. The van der Waals surface area contributed by atoms with Gasteiger partial charge in [-0.3, -0.25) is 0 Å². The first-order chi connectivity index (χ1) is 6.34. The van der Waals surface area contributed by atoms with E-state index in [9.17, 15) is 0 Å². The number of rotatable bonds is 4. The van der Waals surface area contributed by atoms with Gasteiger partial charge in [0.15, 0.2) is 0 Å². The van der Waals surface area contributed by atoms with Crippen molar-refractivity contribution in [1.29, 1.82) is 0 Å². The van der Waals surface area contributed by atoms with Gasteiger partial charge in [-0.15, -0.1) is 0 Å². The second-order valence-corrected chi connectivity index (χ2v) is 2.56. The first-order valence-electron chi connectivity index (χ1n) is 4.02. The SMILES string of the molecule is Cc1[nH]cnc1C=CCCN=[N+]=[N-]. The number of azide groups is 1. The van der Waals surface area contributed by atoms with E-state index in [0.717, 1.165) is 17.8 Å². The Morgan fingerprint density at radius 1 is 1.77 bits per heavy atom. The van der Waals surface area contributed by atoms with Crippen LogP contribution in [0.5, 0.6) is 0 Å². The van der Waals surface area contributed by atoms with E-state index in [2.05, 4.69) is 20.0 Å². The molecule has 1 aromatic heterocycles. The van der Waals surface area contributed by atoms with E-state index >= 15 is 0 Å². The fourth-order valence-corrected chi connectivity index (χ4v) is 0.909. The molecule has 0 bridgehead atoms. The number of hydrogen-bond acceptors (Lipinski definition) is 2. The topological polar surface area (TPSA) is 77.4 Å². The highest BCUT2D eigenvalue weighted by atomic mass is 15.1. The van der Waals surface area contributed by atoms with Crippen LogP contribution in [0.15, 0.2) is 17.5 Å². The van der Waals surface area contributed by atoms with E-state index < -0.39 is 0 Å². The minimum Gasteiger partial charge on any atom is -0.348 e. The van der Waals surface area contributed by atoms with Crippen molar-refractivity contribution in [2.45, 2.75) is 13.3 Å². The van der Waals surface area contributed by atoms with E-state index in [1.807, 2.05) is 19.1 Å². The van der Waals surface area contributed by atoms with Crippen molar-refractivity contribution >= 4 is 6.08 Å². The molecule has 0 fully saturated rings. The summed E-state index contributed by atoms with van der Waals surface area (Å²) in [5.74, 6) is 0. The summed E-state index contributed by atoms with van der Waals surface area (Å²) in [6.45, 7) is 2.45. The standard InChI is InChI=1S/C8H11N5/c1-7-8(11-6-10-7)4-2-3-5-12-13-9/h2,4,6H,3,5H2,1H3,(H,10,11). The lowest BCUT2D eigenvalue weighted by atomic mass is 10.3. The summed E-state index contributed by atoms with van der Waals surface area (Å²) in [4.78, 5) is 9.72. The van der Waals surface area contributed by atoms with Gasteiger partial charge in [-0.05, 0) is 25.0 Å². The molecule has 1 rings (SSSR count). The molecule has 0 saturated carbocycles. The molecule has 0 saturated heterocycles. The third-order valence-corrected chi connectivity index (χ3v) is 1.60. The van der Waals surface area contributed by atoms with Gasteiger partial charge in [0.25, 0.3) is 0 Å². The fraction of sp³-hybridized carbons (Fsp3) is 0.375. The molecule has 0 amide bonds. The number of nitrogens with one attached hydrogen (secondary N) is 1. The highest BCUT2D eigenvalue weighted by Gasteiger charge is 1.93. The Morgan fingerprint density at radius 3 is 3.23 bits per heavy atom. The first kappa shape index (κ1) is 9.35. The van der Waals surface area contributed by atoms with Crippen LogP contribution >= 0.6 is 0 Å². The number of aromatic nitrogens is 2. The second-order valence-electron chi connectivity index (χ2n) is 2.56. The third-order valence-electron chi connectivity index (χ3n) is 1.60. The van der Waals surface area contributed by atoms with E-state index in [4.69, 9.17) is 5.53 Å². The lowest BCUT2D eigenvalue weighted by Gasteiger charge is -1.87. The van der Waals surface area contributed by atoms with E-state index in [0.29, 0.717) is 6.54 Å². The maximum Gasteiger partial charge on any atom is 0.0929 e. The molecular weight excluding hydrogens is 166 g/mol. The normalized spacial score (nSPS) is 10.2. The number of imidazole rings is 1. The predicted octanol–water partition coefficient (Wildman–Crippen LogP) is 2.43. The van der Waals surface area contributed by atoms with Crippen molar-refractivity contribution < 1.29 is 0 Å². The molecule has 5 heteroatoms. The quantitative estimate of drug-likeness (QED) is 0.326. The maximum absolute atomic E-state index is 8.01. The Kier molecular flexibility index (Phi) is 3.60. The lowest BCUT2D eigenvalue weighted by Crippen LogP contribution is -1.77. The largest absolute Gasteiger partial charge is 0.348 e. The number of nitrogens with zero attached hydrogens (tertiary/aromatic N) is 4. The Bertz CT molecular complexity index is 332. The van der Waals surface area contributed by atoms with Gasteiger partial charge in [0.2, 0.25) is 0 Å². The van der Waals surface area contributed by atoms with Crippen LogP contribution in [0, 0.1) is 6.92 Å². The van der Waals surface area contributed by atoms with Gasteiger partial charge in [-0.1, -0.05) is 11.2 Å². The Morgan fingerprint density at radius 2 is 2.62 bits per heavy atom. The Labute approximate surface area is 76.1 Å². The van der Waals surface area contributed by atoms with Crippen LogP contribution in [0.1, 0.15) is 17.8 Å². The van der Waals surface area contributed by atoms with Crippen molar-refractivity contribution in [1.82, 2.24) is 9.97 Å². The van der Waals surface area contributed by atoms with Gasteiger partial charge in [0.05, 0.1) is 12.0 Å². The van der Waals surface area contributed by atoms with Crippen molar-refractivity contribution in [3.05, 3.63) is 34.2 Å². The maximum atomic E-state index is 8.01. The van der Waals surface area contributed by atoms with Crippen molar-refractivity contribution in [2.24, 2.45) is 5.11 Å². The molecule has 1 N–H and O–H groups in total. The van der Waals surface area contributed by atoms with Gasteiger partial charge < -0.3 is 4.98 Å². The van der Waals surface area contributed by atoms with E-state index in [1.165, 1.54) is 0 Å². The highest BCUT2D eigenvalue weighted by molar-refractivity contribution is 5.46. The summed E-state index contributed by atoms with van der Waals surface area (Å²) in [6.07, 6.45) is 6.26. The minimum absolute atomic E-state index is 0.496. The number of H-pyrrole nitrogens is 1. The first-order valence-corrected chi connectivity index (χ1v) is 4.02. The van der Waals surface area contributed by atoms with Crippen LogP contribution in [0.4, 0.5) is 0 Å². The predicted molar refractivity (Wildman–Crippen MR) is 51.0 cm³/mol. The summed E-state index contributed by atoms with van der Waals surface area (Å²) in [7, 11) is 0. The molecule has 5 nitrogen and oxygen atoms in total. The molecule has 0 aliphatic heterocycles. The van der Waals surface area contributed by atoms with Gasteiger partial charge in [0.1, 0.15) is 0 Å². The van der Waals surface area contributed by atoms with Crippen LogP contribution in [-0.2, 0) is 0 Å². The van der Waals surface area contributed by atoms with Crippen molar-refractivity contribution in [3.63, 3.8) is 0 Å². The monoisotopic (exact) mass is 177 g/mol. The van der Waals surface area contributed by atoms with Crippen LogP contribution in [-0.4, -0.2) is 16.5 Å². The summed E-state index contributed by atoms with van der Waals surface area (Å²) >= 11 is 0. The number of aromatic amines is 1. The van der Waals surface area contributed by atoms with Crippen molar-refractivity contribution in [2.75, 3.05) is 6.54 Å². The molecule has 0 atom stereocenters. The highest BCUT2D eigenvalue weighted by Crippen LogP contribution is 2.03.